The van der Waals surface area contributed by atoms with Gasteiger partial charge in [0.2, 0.25) is 10.0 Å². The highest BCUT2D eigenvalue weighted by molar-refractivity contribution is 7.89. The van der Waals surface area contributed by atoms with Crippen molar-refractivity contribution >= 4 is 10.0 Å². The normalized spacial score (nSPS) is 21.3. The lowest BCUT2D eigenvalue weighted by atomic mass is 10.2. The zero-order chi connectivity index (χ0) is 14.8. The van der Waals surface area contributed by atoms with Crippen LogP contribution in [-0.2, 0) is 16.6 Å². The number of nitrogens with one attached hydrogen (secondary N) is 1. The van der Waals surface area contributed by atoms with Crippen LogP contribution in [0.3, 0.4) is 0 Å². The molecule has 0 saturated carbocycles. The number of nitrogens with zero attached hydrogens (tertiary/aromatic N) is 2. The Labute approximate surface area is 121 Å². The minimum Gasteiger partial charge on any atom is -0.312 e. The Hall–Kier alpha value is -0.950. The minimum absolute atomic E-state index is 0.200. The van der Waals surface area contributed by atoms with E-state index in [9.17, 15) is 8.42 Å². The first-order valence-corrected chi connectivity index (χ1v) is 8.31. The molecule has 0 amide bonds. The Bertz CT molecular complexity index is 540. The SMILES string of the molecule is C[C@H]1CN(S(=O)(=O)c2ccc(CN(C)C)cc2)CCN1. The summed E-state index contributed by atoms with van der Waals surface area (Å²) < 4.78 is 26.7. The van der Waals surface area contributed by atoms with Gasteiger partial charge in [-0.15, -0.1) is 0 Å². The fourth-order valence-electron chi connectivity index (χ4n) is 2.40. The first-order chi connectivity index (χ1) is 9.39. The molecule has 0 bridgehead atoms. The molecule has 1 aromatic rings. The van der Waals surface area contributed by atoms with Crippen molar-refractivity contribution in [1.29, 1.82) is 0 Å². The number of sulfonamides is 1. The van der Waals surface area contributed by atoms with Gasteiger partial charge in [0.15, 0.2) is 0 Å². The van der Waals surface area contributed by atoms with Gasteiger partial charge in [-0.05, 0) is 38.7 Å². The fraction of sp³-hybridized carbons (Fsp3) is 0.571. The molecule has 1 aliphatic rings. The lowest BCUT2D eigenvalue weighted by Crippen LogP contribution is -2.51. The second kappa shape index (κ2) is 6.22. The average molecular weight is 297 g/mol. The summed E-state index contributed by atoms with van der Waals surface area (Å²) in [5, 5.41) is 3.25. The summed E-state index contributed by atoms with van der Waals surface area (Å²) >= 11 is 0. The molecule has 5 nitrogen and oxygen atoms in total. The molecule has 1 N–H and O–H groups in total. The molecule has 0 radical (unpaired) electrons. The van der Waals surface area contributed by atoms with E-state index in [1.54, 1.807) is 16.4 Å². The van der Waals surface area contributed by atoms with Crippen LogP contribution in [0.1, 0.15) is 12.5 Å². The van der Waals surface area contributed by atoms with Gasteiger partial charge in [0, 0.05) is 32.2 Å². The third-order valence-corrected chi connectivity index (χ3v) is 5.27. The van der Waals surface area contributed by atoms with Gasteiger partial charge < -0.3 is 10.2 Å². The molecule has 2 rings (SSSR count). The lowest BCUT2D eigenvalue weighted by Gasteiger charge is -2.31. The fourth-order valence-corrected chi connectivity index (χ4v) is 3.93. The number of rotatable bonds is 4. The summed E-state index contributed by atoms with van der Waals surface area (Å²) in [7, 11) is 0.625. The molecule has 1 heterocycles. The maximum atomic E-state index is 12.6. The summed E-state index contributed by atoms with van der Waals surface area (Å²) in [4.78, 5) is 2.44. The molecule has 20 heavy (non-hydrogen) atoms. The van der Waals surface area contributed by atoms with Crippen LogP contribution < -0.4 is 5.32 Å². The van der Waals surface area contributed by atoms with Gasteiger partial charge in [-0.1, -0.05) is 12.1 Å². The van der Waals surface area contributed by atoms with Crippen LogP contribution in [0.2, 0.25) is 0 Å². The molecule has 0 aromatic heterocycles. The van der Waals surface area contributed by atoms with Crippen LogP contribution in [0.25, 0.3) is 0 Å². The van der Waals surface area contributed by atoms with Crippen molar-refractivity contribution in [3.05, 3.63) is 29.8 Å². The minimum atomic E-state index is -3.36. The van der Waals surface area contributed by atoms with Gasteiger partial charge in [0.1, 0.15) is 0 Å². The number of hydrogen-bond donors (Lipinski definition) is 1. The second-order valence-electron chi connectivity index (χ2n) is 5.60. The summed E-state index contributed by atoms with van der Waals surface area (Å²) in [5.74, 6) is 0. The zero-order valence-electron chi connectivity index (χ0n) is 12.3. The smallest absolute Gasteiger partial charge is 0.243 e. The summed E-state index contributed by atoms with van der Waals surface area (Å²) in [6.45, 7) is 4.58. The van der Waals surface area contributed by atoms with Crippen molar-refractivity contribution < 1.29 is 8.42 Å². The molecule has 1 fully saturated rings. The number of hydrogen-bond acceptors (Lipinski definition) is 4. The lowest BCUT2D eigenvalue weighted by molar-refractivity contribution is 0.310. The summed E-state index contributed by atoms with van der Waals surface area (Å²) in [6, 6.07) is 7.39. The van der Waals surface area contributed by atoms with Crippen LogP contribution in [-0.4, -0.2) is 57.4 Å². The van der Waals surface area contributed by atoms with Crippen molar-refractivity contribution in [2.75, 3.05) is 33.7 Å². The summed E-state index contributed by atoms with van der Waals surface area (Å²) in [5.41, 5.74) is 1.11. The average Bonchev–Trinajstić information content (AvgIpc) is 2.38. The standard InChI is InChI=1S/C14H23N3O2S/c1-12-10-17(9-8-15-12)20(18,19)14-6-4-13(5-7-14)11-16(2)3/h4-7,12,15H,8-11H2,1-3H3/t12-/m0/s1. The highest BCUT2D eigenvalue weighted by Crippen LogP contribution is 2.18. The molecule has 0 aliphatic carbocycles. The Morgan fingerprint density at radius 2 is 1.95 bits per heavy atom. The molecule has 1 atom stereocenters. The largest absolute Gasteiger partial charge is 0.312 e. The maximum Gasteiger partial charge on any atom is 0.243 e. The van der Waals surface area contributed by atoms with E-state index in [1.807, 2.05) is 33.2 Å². The predicted molar refractivity (Wildman–Crippen MR) is 80.1 cm³/mol. The monoisotopic (exact) mass is 297 g/mol. The second-order valence-corrected chi connectivity index (χ2v) is 7.54. The van der Waals surface area contributed by atoms with E-state index in [2.05, 4.69) is 10.2 Å². The van der Waals surface area contributed by atoms with Gasteiger partial charge >= 0.3 is 0 Å². The van der Waals surface area contributed by atoms with Crippen LogP contribution in [0, 0.1) is 0 Å². The first kappa shape index (κ1) is 15.4. The molecular formula is C14H23N3O2S. The Balaban J connectivity index is 2.17. The van der Waals surface area contributed by atoms with Gasteiger partial charge in [-0.25, -0.2) is 8.42 Å². The quantitative estimate of drug-likeness (QED) is 0.890. The van der Waals surface area contributed by atoms with Gasteiger partial charge in [-0.3, -0.25) is 0 Å². The third kappa shape index (κ3) is 3.58. The summed E-state index contributed by atoms with van der Waals surface area (Å²) in [6.07, 6.45) is 0. The van der Waals surface area contributed by atoms with Crippen LogP contribution in [0.15, 0.2) is 29.2 Å². The van der Waals surface area contributed by atoms with Crippen LogP contribution >= 0.6 is 0 Å². The molecule has 0 spiro atoms. The first-order valence-electron chi connectivity index (χ1n) is 6.87. The van der Waals surface area contributed by atoms with Gasteiger partial charge in [-0.2, -0.15) is 4.31 Å². The third-order valence-electron chi connectivity index (χ3n) is 3.39. The van der Waals surface area contributed by atoms with E-state index >= 15 is 0 Å². The van der Waals surface area contributed by atoms with Gasteiger partial charge in [0.05, 0.1) is 4.90 Å². The topological polar surface area (TPSA) is 52.7 Å². The number of benzene rings is 1. The van der Waals surface area contributed by atoms with Crippen molar-refractivity contribution in [3.8, 4) is 0 Å². The molecular weight excluding hydrogens is 274 g/mol. The molecule has 112 valence electrons. The van der Waals surface area contributed by atoms with E-state index < -0.39 is 10.0 Å². The molecule has 0 unspecified atom stereocenters. The van der Waals surface area contributed by atoms with E-state index in [1.165, 1.54) is 0 Å². The van der Waals surface area contributed by atoms with Crippen LogP contribution in [0.4, 0.5) is 0 Å². The highest BCUT2D eigenvalue weighted by atomic mass is 32.2. The van der Waals surface area contributed by atoms with E-state index in [4.69, 9.17) is 0 Å². The van der Waals surface area contributed by atoms with Gasteiger partial charge in [0.25, 0.3) is 0 Å². The molecule has 6 heteroatoms. The molecule has 1 saturated heterocycles. The van der Waals surface area contributed by atoms with Crippen LogP contribution in [0.5, 0.6) is 0 Å². The highest BCUT2D eigenvalue weighted by Gasteiger charge is 2.28. The maximum absolute atomic E-state index is 12.6. The Kier molecular flexibility index (Phi) is 4.80. The van der Waals surface area contributed by atoms with Crippen molar-refractivity contribution in [1.82, 2.24) is 14.5 Å². The molecule has 1 aromatic carbocycles. The van der Waals surface area contributed by atoms with E-state index in [-0.39, 0.29) is 6.04 Å². The molecule has 1 aliphatic heterocycles. The van der Waals surface area contributed by atoms with Crippen molar-refractivity contribution in [2.45, 2.75) is 24.4 Å². The zero-order valence-corrected chi connectivity index (χ0v) is 13.2. The Morgan fingerprint density at radius 3 is 2.50 bits per heavy atom. The van der Waals surface area contributed by atoms with E-state index in [0.717, 1.165) is 12.1 Å². The Morgan fingerprint density at radius 1 is 1.30 bits per heavy atom. The van der Waals surface area contributed by atoms with E-state index in [0.29, 0.717) is 24.5 Å². The predicted octanol–water partition coefficient (Wildman–Crippen LogP) is 0.731. The van der Waals surface area contributed by atoms with Crippen molar-refractivity contribution in [2.24, 2.45) is 0 Å². The van der Waals surface area contributed by atoms with Crippen molar-refractivity contribution in [3.63, 3.8) is 0 Å². The number of piperazine rings is 1.